The molecule has 2 aliphatic rings. The second kappa shape index (κ2) is 8.68. The van der Waals surface area contributed by atoms with Crippen molar-refractivity contribution in [3.8, 4) is 5.88 Å². The van der Waals surface area contributed by atoms with Crippen LogP contribution in [0.4, 0.5) is 0 Å². The summed E-state index contributed by atoms with van der Waals surface area (Å²) in [6, 6.07) is 0.429. The van der Waals surface area contributed by atoms with Crippen molar-refractivity contribution in [2.45, 2.75) is 85.0 Å². The Balaban J connectivity index is 1.82. The molecular formula is C24H34N5O4+. The molecule has 2 amide bonds. The summed E-state index contributed by atoms with van der Waals surface area (Å²) in [5.41, 5.74) is 0.836. The van der Waals surface area contributed by atoms with Crippen molar-refractivity contribution in [3.05, 3.63) is 33.3 Å². The van der Waals surface area contributed by atoms with Crippen LogP contribution in [0, 0.1) is 12.8 Å². The van der Waals surface area contributed by atoms with Crippen molar-refractivity contribution in [1.82, 2.24) is 19.8 Å². The van der Waals surface area contributed by atoms with E-state index in [1.807, 2.05) is 18.7 Å². The number of hydrogen-bond donors (Lipinski definition) is 3. The normalized spacial score (nSPS) is 21.0. The number of aromatic nitrogens is 3. The number of hydrogen-bond acceptors (Lipinski definition) is 4. The predicted octanol–water partition coefficient (Wildman–Crippen LogP) is 1.89. The van der Waals surface area contributed by atoms with Crippen LogP contribution in [0.25, 0.3) is 11.7 Å². The fourth-order valence-electron chi connectivity index (χ4n) is 4.72. The molecule has 1 saturated carbocycles. The SMILES string of the molecule is Cc1[nH]n2c(=O)c(C(=O)NC3CC3)c(O)[n+](CC(C)C)c2c1/C=C/C(=O)N1[C@H](C)CC[C@H]1C. The minimum Gasteiger partial charge on any atom is -0.477 e. The number of amides is 2. The molecule has 2 atom stereocenters. The van der Waals surface area contributed by atoms with Crippen molar-refractivity contribution in [1.29, 1.82) is 0 Å². The molecule has 2 aromatic heterocycles. The van der Waals surface area contributed by atoms with E-state index in [0.29, 0.717) is 23.4 Å². The summed E-state index contributed by atoms with van der Waals surface area (Å²) in [4.78, 5) is 40.8. The van der Waals surface area contributed by atoms with Crippen molar-refractivity contribution < 1.29 is 19.3 Å². The number of nitrogens with zero attached hydrogens (tertiary/aromatic N) is 3. The highest BCUT2D eigenvalue weighted by Crippen LogP contribution is 2.25. The van der Waals surface area contributed by atoms with Gasteiger partial charge in [0.25, 0.3) is 5.91 Å². The third-order valence-electron chi connectivity index (χ3n) is 6.57. The Bertz CT molecular complexity index is 1180. The van der Waals surface area contributed by atoms with Crippen molar-refractivity contribution in [2.24, 2.45) is 5.92 Å². The zero-order chi connectivity index (χ0) is 24.0. The number of H-pyrrole nitrogens is 1. The molecule has 3 N–H and O–H groups in total. The van der Waals surface area contributed by atoms with E-state index in [-0.39, 0.29) is 41.4 Å². The van der Waals surface area contributed by atoms with Crippen LogP contribution in [0.2, 0.25) is 0 Å². The summed E-state index contributed by atoms with van der Waals surface area (Å²) in [7, 11) is 0. The monoisotopic (exact) mass is 456 g/mol. The van der Waals surface area contributed by atoms with Gasteiger partial charge in [0, 0.05) is 24.2 Å². The van der Waals surface area contributed by atoms with Gasteiger partial charge in [-0.1, -0.05) is 18.4 Å². The molecule has 0 spiro atoms. The first kappa shape index (κ1) is 23.1. The molecule has 3 heterocycles. The summed E-state index contributed by atoms with van der Waals surface area (Å²) in [6.45, 7) is 10.3. The molecule has 2 aromatic rings. The highest BCUT2D eigenvalue weighted by atomic mass is 16.3. The average Bonchev–Trinajstić information content (AvgIpc) is 3.39. The maximum Gasteiger partial charge on any atom is 0.378 e. The number of rotatable bonds is 6. The number of carbonyl (C=O) groups is 2. The lowest BCUT2D eigenvalue weighted by Crippen LogP contribution is -2.46. The topological polar surface area (TPSA) is 111 Å². The standard InChI is InChI=1S/C24H33N5O4/c1-13(2)12-27-22-18(10-11-19(30)28-14(3)6-7-15(28)4)16(5)26-29(22)24(33)20(23(27)32)21(31)25-17-8-9-17/h10-11,13-15,17H,6-9,12H2,1-5H3,(H2,25,31,32,33)/p+1/b11-10+/t14-,15-/m1/s1. The minimum atomic E-state index is -0.614. The Morgan fingerprint density at radius 1 is 1.21 bits per heavy atom. The maximum atomic E-state index is 13.2. The van der Waals surface area contributed by atoms with Crippen molar-refractivity contribution in [2.75, 3.05) is 0 Å². The molecule has 1 aliphatic carbocycles. The molecule has 0 unspecified atom stereocenters. The highest BCUT2D eigenvalue weighted by molar-refractivity contribution is 5.96. The summed E-state index contributed by atoms with van der Waals surface area (Å²) in [6.07, 6.45) is 6.94. The first-order valence-electron chi connectivity index (χ1n) is 11.8. The van der Waals surface area contributed by atoms with Gasteiger partial charge < -0.3 is 15.3 Å². The van der Waals surface area contributed by atoms with Crippen LogP contribution >= 0.6 is 0 Å². The number of aromatic hydroxyl groups is 1. The number of aromatic amines is 1. The predicted molar refractivity (Wildman–Crippen MR) is 124 cm³/mol. The van der Waals surface area contributed by atoms with Gasteiger partial charge in [-0.05, 0) is 58.4 Å². The van der Waals surface area contributed by atoms with Gasteiger partial charge in [0.05, 0.1) is 17.8 Å². The average molecular weight is 457 g/mol. The quantitative estimate of drug-likeness (QED) is 0.455. The molecule has 0 radical (unpaired) electrons. The van der Waals surface area contributed by atoms with Gasteiger partial charge in [0.15, 0.2) is 0 Å². The van der Waals surface area contributed by atoms with Gasteiger partial charge in [-0.3, -0.25) is 9.59 Å². The smallest absolute Gasteiger partial charge is 0.378 e. The van der Waals surface area contributed by atoms with E-state index in [9.17, 15) is 19.5 Å². The van der Waals surface area contributed by atoms with Gasteiger partial charge in [0.1, 0.15) is 0 Å². The number of carbonyl (C=O) groups excluding carboxylic acids is 2. The summed E-state index contributed by atoms with van der Waals surface area (Å²) >= 11 is 0. The van der Waals surface area contributed by atoms with E-state index in [1.165, 1.54) is 10.6 Å². The largest absolute Gasteiger partial charge is 0.477 e. The summed E-state index contributed by atoms with van der Waals surface area (Å²) < 4.78 is 2.88. The van der Waals surface area contributed by atoms with E-state index >= 15 is 0 Å². The fourth-order valence-corrected chi connectivity index (χ4v) is 4.72. The van der Waals surface area contributed by atoms with Crippen LogP contribution in [0.3, 0.4) is 0 Å². The molecule has 2 fully saturated rings. The lowest BCUT2D eigenvalue weighted by Gasteiger charge is -2.24. The Morgan fingerprint density at radius 3 is 2.42 bits per heavy atom. The lowest BCUT2D eigenvalue weighted by atomic mass is 10.1. The van der Waals surface area contributed by atoms with E-state index in [0.717, 1.165) is 25.7 Å². The van der Waals surface area contributed by atoms with Crippen LogP contribution in [0.1, 0.15) is 75.0 Å². The number of likely N-dealkylation sites (tertiary alicyclic amines) is 1. The Hall–Kier alpha value is -3.10. The molecule has 4 rings (SSSR count). The molecule has 1 aliphatic heterocycles. The van der Waals surface area contributed by atoms with Gasteiger partial charge >= 0.3 is 17.1 Å². The van der Waals surface area contributed by atoms with Crippen molar-refractivity contribution in [3.63, 3.8) is 0 Å². The highest BCUT2D eigenvalue weighted by Gasteiger charge is 2.35. The molecule has 0 bridgehead atoms. The molecule has 33 heavy (non-hydrogen) atoms. The second-order valence-corrected chi connectivity index (χ2v) is 9.92. The fraction of sp³-hybridized carbons (Fsp3) is 0.583. The minimum absolute atomic E-state index is 0.0563. The Morgan fingerprint density at radius 2 is 1.85 bits per heavy atom. The Labute approximate surface area is 193 Å². The van der Waals surface area contributed by atoms with Crippen LogP contribution in [-0.2, 0) is 11.3 Å². The van der Waals surface area contributed by atoms with E-state index in [4.69, 9.17) is 0 Å². The zero-order valence-electron chi connectivity index (χ0n) is 20.0. The Kier molecular flexibility index (Phi) is 6.07. The molecular weight excluding hydrogens is 422 g/mol. The molecule has 1 saturated heterocycles. The van der Waals surface area contributed by atoms with Crippen molar-refractivity contribution >= 4 is 23.5 Å². The van der Waals surface area contributed by atoms with Crippen LogP contribution < -0.4 is 15.4 Å². The summed E-state index contributed by atoms with van der Waals surface area (Å²) in [5.74, 6) is -0.854. The van der Waals surface area contributed by atoms with Crippen LogP contribution in [0.5, 0.6) is 5.88 Å². The number of nitrogens with one attached hydrogen (secondary N) is 2. The summed E-state index contributed by atoms with van der Waals surface area (Å²) in [5, 5.41) is 16.9. The number of fused-ring (bicyclic) bond motifs is 1. The van der Waals surface area contributed by atoms with Crippen LogP contribution in [0.15, 0.2) is 10.9 Å². The van der Waals surface area contributed by atoms with E-state index in [2.05, 4.69) is 24.3 Å². The molecule has 0 aromatic carbocycles. The first-order valence-corrected chi connectivity index (χ1v) is 11.8. The first-order chi connectivity index (χ1) is 15.6. The van der Waals surface area contributed by atoms with Gasteiger partial charge in [-0.25, -0.2) is 9.89 Å². The number of aryl methyl sites for hydroxylation is 1. The zero-order valence-corrected chi connectivity index (χ0v) is 20.0. The van der Waals surface area contributed by atoms with E-state index in [1.54, 1.807) is 17.6 Å². The molecule has 9 nitrogen and oxygen atoms in total. The van der Waals surface area contributed by atoms with Gasteiger partial charge in [-0.2, -0.15) is 4.57 Å². The molecule has 9 heteroatoms. The lowest BCUT2D eigenvalue weighted by molar-refractivity contribution is -0.686. The third kappa shape index (κ3) is 4.28. The van der Waals surface area contributed by atoms with Gasteiger partial charge in [-0.15, -0.1) is 0 Å². The third-order valence-corrected chi connectivity index (χ3v) is 6.57. The van der Waals surface area contributed by atoms with Crippen LogP contribution in [-0.4, -0.2) is 49.6 Å². The maximum absolute atomic E-state index is 13.2. The van der Waals surface area contributed by atoms with Gasteiger partial charge in [0.2, 0.25) is 11.5 Å². The molecule has 178 valence electrons. The van der Waals surface area contributed by atoms with E-state index < -0.39 is 11.5 Å². The second-order valence-electron chi connectivity index (χ2n) is 9.92.